The van der Waals surface area contributed by atoms with E-state index < -0.39 is 16.3 Å². The van der Waals surface area contributed by atoms with E-state index in [9.17, 15) is 13.2 Å². The summed E-state index contributed by atoms with van der Waals surface area (Å²) in [7, 11) is -1.13. The molecule has 0 aliphatic carbocycles. The zero-order valence-corrected chi connectivity index (χ0v) is 13.3. The maximum absolute atomic E-state index is 12.0. The SMILES string of the molecule is COC(=O)NS(=O)(=O)N1CCN(c2ccc(OC)cc2)CC1. The van der Waals surface area contributed by atoms with Crippen LogP contribution >= 0.6 is 0 Å². The molecule has 122 valence electrons. The van der Waals surface area contributed by atoms with Gasteiger partial charge in [-0.25, -0.2) is 9.52 Å². The van der Waals surface area contributed by atoms with Crippen molar-refractivity contribution < 1.29 is 22.7 Å². The van der Waals surface area contributed by atoms with Crippen LogP contribution in [0, 0.1) is 0 Å². The summed E-state index contributed by atoms with van der Waals surface area (Å²) in [5, 5.41) is 0. The molecule has 1 N–H and O–H groups in total. The van der Waals surface area contributed by atoms with E-state index in [2.05, 4.69) is 9.64 Å². The van der Waals surface area contributed by atoms with Crippen LogP contribution in [0.1, 0.15) is 0 Å². The summed E-state index contributed by atoms with van der Waals surface area (Å²) in [6.45, 7) is 1.65. The molecule has 0 spiro atoms. The Morgan fingerprint density at radius 3 is 2.18 bits per heavy atom. The minimum Gasteiger partial charge on any atom is -0.497 e. The molecule has 1 heterocycles. The summed E-state index contributed by atoms with van der Waals surface area (Å²) < 4.78 is 36.4. The Morgan fingerprint density at radius 1 is 1.09 bits per heavy atom. The summed E-state index contributed by atoms with van der Waals surface area (Å²) >= 11 is 0. The van der Waals surface area contributed by atoms with Crippen LogP contribution in [0.3, 0.4) is 0 Å². The van der Waals surface area contributed by atoms with Gasteiger partial charge in [0, 0.05) is 31.9 Å². The lowest BCUT2D eigenvalue weighted by Gasteiger charge is -2.35. The summed E-state index contributed by atoms with van der Waals surface area (Å²) in [4.78, 5) is 13.1. The van der Waals surface area contributed by atoms with Gasteiger partial charge < -0.3 is 14.4 Å². The maximum atomic E-state index is 12.0. The Balaban J connectivity index is 1.96. The van der Waals surface area contributed by atoms with Gasteiger partial charge >= 0.3 is 16.3 Å². The Labute approximate surface area is 129 Å². The quantitative estimate of drug-likeness (QED) is 0.861. The third-order valence-electron chi connectivity index (χ3n) is 3.41. The second-order valence-electron chi connectivity index (χ2n) is 4.68. The number of hydrogen-bond donors (Lipinski definition) is 1. The van der Waals surface area contributed by atoms with Crippen LogP contribution in [0.4, 0.5) is 10.5 Å². The van der Waals surface area contributed by atoms with Gasteiger partial charge in [-0.05, 0) is 24.3 Å². The number of nitrogens with one attached hydrogen (secondary N) is 1. The Bertz CT molecular complexity index is 609. The fraction of sp³-hybridized carbons (Fsp3) is 0.462. The first-order valence-electron chi connectivity index (χ1n) is 6.71. The molecule has 1 aromatic rings. The zero-order valence-electron chi connectivity index (χ0n) is 12.5. The summed E-state index contributed by atoms with van der Waals surface area (Å²) in [6, 6.07) is 7.57. The highest BCUT2D eigenvalue weighted by Gasteiger charge is 2.28. The van der Waals surface area contributed by atoms with E-state index in [1.54, 1.807) is 7.11 Å². The molecule has 22 heavy (non-hydrogen) atoms. The lowest BCUT2D eigenvalue weighted by atomic mass is 10.2. The smallest absolute Gasteiger partial charge is 0.421 e. The lowest BCUT2D eigenvalue weighted by Crippen LogP contribution is -2.53. The first-order chi connectivity index (χ1) is 10.5. The standard InChI is InChI=1S/C13H19N3O5S/c1-20-12-5-3-11(4-6-12)15-7-9-16(10-8-15)22(18,19)14-13(17)21-2/h3-6H,7-10H2,1-2H3,(H,14,17). The molecule has 0 atom stereocenters. The summed E-state index contributed by atoms with van der Waals surface area (Å²) in [5.74, 6) is 0.771. The number of amides is 1. The number of piperazine rings is 1. The number of anilines is 1. The normalized spacial score (nSPS) is 16.2. The summed E-state index contributed by atoms with van der Waals surface area (Å²) in [6.07, 6.45) is -0.988. The Kier molecular flexibility index (Phi) is 5.09. The number of ether oxygens (including phenoxy) is 2. The van der Waals surface area contributed by atoms with Gasteiger partial charge in [0.1, 0.15) is 5.75 Å². The van der Waals surface area contributed by atoms with E-state index in [1.807, 2.05) is 29.0 Å². The highest BCUT2D eigenvalue weighted by molar-refractivity contribution is 7.87. The van der Waals surface area contributed by atoms with Gasteiger partial charge in [-0.3, -0.25) is 0 Å². The monoisotopic (exact) mass is 329 g/mol. The molecule has 0 unspecified atom stereocenters. The molecular weight excluding hydrogens is 310 g/mol. The van der Waals surface area contributed by atoms with Crippen molar-refractivity contribution in [2.45, 2.75) is 0 Å². The van der Waals surface area contributed by atoms with Gasteiger partial charge in [0.05, 0.1) is 14.2 Å². The van der Waals surface area contributed by atoms with Crippen molar-refractivity contribution in [3.8, 4) is 5.75 Å². The van der Waals surface area contributed by atoms with Crippen molar-refractivity contribution in [1.29, 1.82) is 0 Å². The molecular formula is C13H19N3O5S. The lowest BCUT2D eigenvalue weighted by molar-refractivity contribution is 0.177. The highest BCUT2D eigenvalue weighted by atomic mass is 32.2. The average molecular weight is 329 g/mol. The number of carbonyl (C=O) groups excluding carboxylic acids is 1. The number of methoxy groups -OCH3 is 2. The first kappa shape index (κ1) is 16.4. The minimum absolute atomic E-state index is 0.290. The van der Waals surface area contributed by atoms with E-state index in [4.69, 9.17) is 4.74 Å². The van der Waals surface area contributed by atoms with Crippen LogP contribution in [-0.4, -0.2) is 59.2 Å². The van der Waals surface area contributed by atoms with Crippen LogP contribution in [0.15, 0.2) is 24.3 Å². The predicted octanol–water partition coefficient (Wildman–Crippen LogP) is 0.418. The third kappa shape index (κ3) is 3.80. The van der Waals surface area contributed by atoms with Crippen LogP contribution in [0.5, 0.6) is 5.75 Å². The molecule has 1 aromatic carbocycles. The number of carbonyl (C=O) groups is 1. The van der Waals surface area contributed by atoms with Gasteiger partial charge in [-0.2, -0.15) is 12.7 Å². The zero-order chi connectivity index (χ0) is 16.2. The van der Waals surface area contributed by atoms with Gasteiger partial charge in [-0.1, -0.05) is 0 Å². The topological polar surface area (TPSA) is 88.2 Å². The van der Waals surface area contributed by atoms with Crippen LogP contribution in [0.2, 0.25) is 0 Å². The van der Waals surface area contributed by atoms with Gasteiger partial charge in [-0.15, -0.1) is 0 Å². The van der Waals surface area contributed by atoms with Crippen molar-refractivity contribution in [1.82, 2.24) is 9.03 Å². The number of hydrogen-bond acceptors (Lipinski definition) is 6. The molecule has 1 fully saturated rings. The van der Waals surface area contributed by atoms with Crippen LogP contribution in [-0.2, 0) is 14.9 Å². The molecule has 0 aromatic heterocycles. The van der Waals surface area contributed by atoms with Crippen LogP contribution in [0.25, 0.3) is 0 Å². The van der Waals surface area contributed by atoms with Crippen LogP contribution < -0.4 is 14.4 Å². The van der Waals surface area contributed by atoms with Crippen molar-refractivity contribution in [2.24, 2.45) is 0 Å². The fourth-order valence-corrected chi connectivity index (χ4v) is 3.26. The van der Waals surface area contributed by atoms with Gasteiger partial charge in [0.15, 0.2) is 0 Å². The van der Waals surface area contributed by atoms with Gasteiger partial charge in [0.2, 0.25) is 0 Å². The third-order valence-corrected chi connectivity index (χ3v) is 4.88. The molecule has 2 rings (SSSR count). The highest BCUT2D eigenvalue weighted by Crippen LogP contribution is 2.20. The molecule has 8 nitrogen and oxygen atoms in total. The number of rotatable bonds is 4. The molecule has 1 amide bonds. The fourth-order valence-electron chi connectivity index (χ4n) is 2.19. The van der Waals surface area contributed by atoms with Crippen molar-refractivity contribution in [3.05, 3.63) is 24.3 Å². The minimum atomic E-state index is -3.85. The molecule has 0 radical (unpaired) electrons. The Morgan fingerprint density at radius 2 is 1.68 bits per heavy atom. The average Bonchev–Trinajstić information content (AvgIpc) is 2.54. The Hall–Kier alpha value is -2.00. The van der Waals surface area contributed by atoms with Gasteiger partial charge in [0.25, 0.3) is 0 Å². The predicted molar refractivity (Wildman–Crippen MR) is 81.2 cm³/mol. The molecule has 0 bridgehead atoms. The van der Waals surface area contributed by atoms with E-state index >= 15 is 0 Å². The van der Waals surface area contributed by atoms with Crippen molar-refractivity contribution in [3.63, 3.8) is 0 Å². The molecule has 9 heteroatoms. The van der Waals surface area contributed by atoms with E-state index in [-0.39, 0.29) is 0 Å². The van der Waals surface area contributed by atoms with E-state index in [0.717, 1.165) is 18.5 Å². The second-order valence-corrected chi connectivity index (χ2v) is 6.35. The van der Waals surface area contributed by atoms with Crippen molar-refractivity contribution in [2.75, 3.05) is 45.3 Å². The molecule has 1 aliphatic rings. The molecule has 1 aliphatic heterocycles. The molecule has 1 saturated heterocycles. The maximum Gasteiger partial charge on any atom is 0.421 e. The van der Waals surface area contributed by atoms with E-state index in [1.165, 1.54) is 4.31 Å². The summed E-state index contributed by atoms with van der Waals surface area (Å²) in [5.41, 5.74) is 0.999. The van der Waals surface area contributed by atoms with E-state index in [0.29, 0.717) is 26.2 Å². The number of benzene rings is 1. The number of nitrogens with zero attached hydrogens (tertiary/aromatic N) is 2. The van der Waals surface area contributed by atoms with Crippen molar-refractivity contribution >= 4 is 22.0 Å². The second kappa shape index (κ2) is 6.84. The first-order valence-corrected chi connectivity index (χ1v) is 8.15. The molecule has 0 saturated carbocycles. The largest absolute Gasteiger partial charge is 0.497 e.